The van der Waals surface area contributed by atoms with Gasteiger partial charge in [-0.05, 0) is 50.2 Å². The lowest BCUT2D eigenvalue weighted by Gasteiger charge is -2.36. The molecule has 0 N–H and O–H groups in total. The minimum absolute atomic E-state index is 0.250. The Hall–Kier alpha value is -0.600. The average molecular weight is 214 g/mol. The van der Waals surface area contributed by atoms with Crippen molar-refractivity contribution in [2.45, 2.75) is 19.4 Å². The van der Waals surface area contributed by atoms with E-state index in [0.717, 1.165) is 18.7 Å². The number of rotatable bonds is 2. The summed E-state index contributed by atoms with van der Waals surface area (Å²) in [5, 5.41) is 0.479. The maximum atomic E-state index is 13.1. The first-order valence-electron chi connectivity index (χ1n) is 4.87. The Morgan fingerprint density at radius 2 is 2.07 bits per heavy atom. The van der Waals surface area contributed by atoms with Gasteiger partial charge in [-0.1, -0.05) is 11.6 Å². The molecule has 0 aliphatic carbocycles. The van der Waals surface area contributed by atoms with Gasteiger partial charge in [-0.2, -0.15) is 0 Å². The molecule has 0 bridgehead atoms. The van der Waals surface area contributed by atoms with Gasteiger partial charge in [-0.3, -0.25) is 4.90 Å². The molecule has 1 aromatic rings. The van der Waals surface area contributed by atoms with Gasteiger partial charge in [0.2, 0.25) is 0 Å². The Labute approximate surface area is 88.5 Å². The summed E-state index contributed by atoms with van der Waals surface area (Å²) in [4.78, 5) is 2.31. The molecule has 1 nitrogen and oxygen atoms in total. The first-order chi connectivity index (χ1) is 6.66. The largest absolute Gasteiger partial charge is 0.297 e. The minimum atomic E-state index is -0.250. The molecule has 1 unspecified atom stereocenters. The van der Waals surface area contributed by atoms with E-state index in [-0.39, 0.29) is 11.9 Å². The van der Waals surface area contributed by atoms with Crippen molar-refractivity contribution in [1.82, 2.24) is 4.90 Å². The van der Waals surface area contributed by atoms with Crippen molar-refractivity contribution in [3.05, 3.63) is 34.6 Å². The zero-order valence-corrected chi connectivity index (χ0v) is 8.89. The van der Waals surface area contributed by atoms with Gasteiger partial charge in [0, 0.05) is 11.1 Å². The molecule has 0 saturated carbocycles. The van der Waals surface area contributed by atoms with Crippen molar-refractivity contribution in [2.75, 3.05) is 13.1 Å². The van der Waals surface area contributed by atoms with E-state index < -0.39 is 0 Å². The standard InChI is InChI=1S/C11H13ClFN/c1-8(14-3-2-4-14)9-5-10(12)7-11(13)6-9/h5-8H,2-4H2,1H3. The fraction of sp³-hybridized carbons (Fsp3) is 0.455. The molecule has 1 fully saturated rings. The van der Waals surface area contributed by atoms with Gasteiger partial charge in [-0.25, -0.2) is 4.39 Å². The lowest BCUT2D eigenvalue weighted by Crippen LogP contribution is -2.39. The number of nitrogens with zero attached hydrogens (tertiary/aromatic N) is 1. The van der Waals surface area contributed by atoms with Crippen LogP contribution in [0.1, 0.15) is 24.9 Å². The van der Waals surface area contributed by atoms with Gasteiger partial charge < -0.3 is 0 Å². The molecule has 0 spiro atoms. The molecule has 3 heteroatoms. The van der Waals surface area contributed by atoms with Crippen LogP contribution in [0, 0.1) is 5.82 Å². The molecule has 1 aromatic carbocycles. The molecule has 0 amide bonds. The lowest BCUT2D eigenvalue weighted by atomic mass is 10.0. The predicted molar refractivity (Wildman–Crippen MR) is 56.0 cm³/mol. The Kier molecular flexibility index (Phi) is 2.75. The lowest BCUT2D eigenvalue weighted by molar-refractivity contribution is 0.128. The third-order valence-corrected chi connectivity index (χ3v) is 3.02. The van der Waals surface area contributed by atoms with Gasteiger partial charge in [-0.15, -0.1) is 0 Å². The highest BCUT2D eigenvalue weighted by Gasteiger charge is 2.21. The van der Waals surface area contributed by atoms with E-state index in [4.69, 9.17) is 11.6 Å². The van der Waals surface area contributed by atoms with Crippen LogP contribution in [-0.4, -0.2) is 18.0 Å². The molecule has 1 saturated heterocycles. The summed E-state index contributed by atoms with van der Waals surface area (Å²) in [5.74, 6) is -0.250. The first-order valence-corrected chi connectivity index (χ1v) is 5.24. The van der Waals surface area contributed by atoms with Crippen LogP contribution in [0.2, 0.25) is 5.02 Å². The summed E-state index contributed by atoms with van der Waals surface area (Å²) in [5.41, 5.74) is 0.967. The van der Waals surface area contributed by atoms with Crippen LogP contribution in [0.3, 0.4) is 0 Å². The van der Waals surface area contributed by atoms with Crippen LogP contribution in [0.4, 0.5) is 4.39 Å². The molecule has 1 atom stereocenters. The van der Waals surface area contributed by atoms with Crippen molar-refractivity contribution in [1.29, 1.82) is 0 Å². The smallest absolute Gasteiger partial charge is 0.125 e. The molecular formula is C11H13ClFN. The van der Waals surface area contributed by atoms with E-state index in [9.17, 15) is 4.39 Å². The first kappa shape index (κ1) is 9.94. The second kappa shape index (κ2) is 3.87. The fourth-order valence-electron chi connectivity index (χ4n) is 1.76. The Balaban J connectivity index is 2.21. The highest BCUT2D eigenvalue weighted by Crippen LogP contribution is 2.27. The fourth-order valence-corrected chi connectivity index (χ4v) is 1.99. The van der Waals surface area contributed by atoms with Crippen LogP contribution in [0.5, 0.6) is 0 Å². The molecule has 2 rings (SSSR count). The summed E-state index contributed by atoms with van der Waals surface area (Å²) in [7, 11) is 0. The van der Waals surface area contributed by atoms with Gasteiger partial charge in [0.1, 0.15) is 5.82 Å². The quantitative estimate of drug-likeness (QED) is 0.729. The monoisotopic (exact) mass is 213 g/mol. The van der Waals surface area contributed by atoms with Gasteiger partial charge in [0.05, 0.1) is 0 Å². The van der Waals surface area contributed by atoms with Gasteiger partial charge >= 0.3 is 0 Å². The van der Waals surface area contributed by atoms with Crippen LogP contribution >= 0.6 is 11.6 Å². The molecular weight excluding hydrogens is 201 g/mol. The maximum absolute atomic E-state index is 13.1. The Morgan fingerprint density at radius 3 is 2.57 bits per heavy atom. The molecule has 14 heavy (non-hydrogen) atoms. The summed E-state index contributed by atoms with van der Waals surface area (Å²) < 4.78 is 13.1. The third-order valence-electron chi connectivity index (χ3n) is 2.81. The molecule has 1 heterocycles. The van der Waals surface area contributed by atoms with E-state index in [2.05, 4.69) is 11.8 Å². The van der Waals surface area contributed by atoms with E-state index >= 15 is 0 Å². The van der Waals surface area contributed by atoms with Crippen molar-refractivity contribution in [2.24, 2.45) is 0 Å². The summed E-state index contributed by atoms with van der Waals surface area (Å²) in [6, 6.07) is 5.02. The zero-order chi connectivity index (χ0) is 10.1. The summed E-state index contributed by atoms with van der Waals surface area (Å²) in [6.45, 7) is 4.30. The summed E-state index contributed by atoms with van der Waals surface area (Å²) >= 11 is 5.80. The van der Waals surface area contributed by atoms with Crippen molar-refractivity contribution >= 4 is 11.6 Å². The molecule has 0 radical (unpaired) electrons. The topological polar surface area (TPSA) is 3.24 Å². The molecule has 1 aliphatic rings. The van der Waals surface area contributed by atoms with Crippen LogP contribution in [-0.2, 0) is 0 Å². The molecule has 1 aliphatic heterocycles. The van der Waals surface area contributed by atoms with Gasteiger partial charge in [0.25, 0.3) is 0 Å². The van der Waals surface area contributed by atoms with E-state index in [0.29, 0.717) is 5.02 Å². The van der Waals surface area contributed by atoms with Crippen LogP contribution < -0.4 is 0 Å². The average Bonchev–Trinajstić information content (AvgIpc) is 1.98. The number of likely N-dealkylation sites (tertiary alicyclic amines) is 1. The predicted octanol–water partition coefficient (Wildman–Crippen LogP) is 3.25. The Bertz CT molecular complexity index is 316. The SMILES string of the molecule is CC(c1cc(F)cc(Cl)c1)N1CCC1. The molecule has 76 valence electrons. The van der Waals surface area contributed by atoms with Crippen molar-refractivity contribution in [3.63, 3.8) is 0 Å². The number of benzene rings is 1. The van der Waals surface area contributed by atoms with E-state index in [1.54, 1.807) is 6.07 Å². The zero-order valence-electron chi connectivity index (χ0n) is 8.13. The maximum Gasteiger partial charge on any atom is 0.125 e. The number of hydrogen-bond donors (Lipinski definition) is 0. The Morgan fingerprint density at radius 1 is 1.36 bits per heavy atom. The normalized spacial score (nSPS) is 19.1. The van der Waals surface area contributed by atoms with Crippen LogP contribution in [0.15, 0.2) is 18.2 Å². The van der Waals surface area contributed by atoms with Crippen molar-refractivity contribution in [3.8, 4) is 0 Å². The van der Waals surface area contributed by atoms with Crippen molar-refractivity contribution < 1.29 is 4.39 Å². The summed E-state index contributed by atoms with van der Waals surface area (Å²) in [6.07, 6.45) is 1.24. The number of halogens is 2. The number of hydrogen-bond acceptors (Lipinski definition) is 1. The second-order valence-corrected chi connectivity index (χ2v) is 4.20. The van der Waals surface area contributed by atoms with E-state index in [1.807, 2.05) is 6.07 Å². The van der Waals surface area contributed by atoms with Crippen LogP contribution in [0.25, 0.3) is 0 Å². The highest BCUT2D eigenvalue weighted by molar-refractivity contribution is 6.30. The van der Waals surface area contributed by atoms with E-state index in [1.165, 1.54) is 12.5 Å². The molecule has 0 aromatic heterocycles. The second-order valence-electron chi connectivity index (χ2n) is 3.77. The minimum Gasteiger partial charge on any atom is -0.297 e. The highest BCUT2D eigenvalue weighted by atomic mass is 35.5. The van der Waals surface area contributed by atoms with Gasteiger partial charge in [0.15, 0.2) is 0 Å². The third kappa shape index (κ3) is 1.91.